The molecular formula is C18H12N2O3S. The van der Waals surface area contributed by atoms with Crippen LogP contribution in [0.3, 0.4) is 0 Å². The lowest BCUT2D eigenvalue weighted by Crippen LogP contribution is -2.24. The number of ether oxygens (including phenoxy) is 2. The van der Waals surface area contributed by atoms with Gasteiger partial charge in [-0.3, -0.25) is 4.79 Å². The highest BCUT2D eigenvalue weighted by Crippen LogP contribution is 2.44. The molecule has 0 fully saturated rings. The molecule has 2 aromatic carbocycles. The Balaban J connectivity index is 1.69. The maximum atomic E-state index is 12.1. The SMILES string of the molecule is O=C1C[C@H](C2=Cc3ccccc3OC2)c2c(ccc3nsnc23)O1. The second kappa shape index (κ2) is 5.14. The smallest absolute Gasteiger partial charge is 0.312 e. The summed E-state index contributed by atoms with van der Waals surface area (Å²) in [7, 11) is 0. The van der Waals surface area contributed by atoms with Gasteiger partial charge in [0, 0.05) is 17.0 Å². The third-order valence-electron chi connectivity index (χ3n) is 4.47. The van der Waals surface area contributed by atoms with Gasteiger partial charge in [0.15, 0.2) is 0 Å². The first-order chi connectivity index (χ1) is 11.8. The molecule has 0 radical (unpaired) electrons. The lowest BCUT2D eigenvalue weighted by Gasteiger charge is -2.29. The van der Waals surface area contributed by atoms with Crippen molar-refractivity contribution in [2.45, 2.75) is 12.3 Å². The third-order valence-corrected chi connectivity index (χ3v) is 5.01. The lowest BCUT2D eigenvalue weighted by molar-refractivity contribution is -0.135. The van der Waals surface area contributed by atoms with E-state index in [2.05, 4.69) is 14.8 Å². The Hall–Kier alpha value is -2.73. The van der Waals surface area contributed by atoms with Crippen LogP contribution in [0.1, 0.15) is 23.5 Å². The number of esters is 1. The van der Waals surface area contributed by atoms with Crippen molar-refractivity contribution in [2.24, 2.45) is 0 Å². The molecule has 0 saturated heterocycles. The fraction of sp³-hybridized carbons (Fsp3) is 0.167. The topological polar surface area (TPSA) is 61.3 Å². The molecule has 118 valence electrons. The summed E-state index contributed by atoms with van der Waals surface area (Å²) < 4.78 is 20.0. The van der Waals surface area contributed by atoms with E-state index in [1.807, 2.05) is 30.3 Å². The molecular weight excluding hydrogens is 324 g/mol. The average molecular weight is 336 g/mol. The molecule has 0 unspecified atom stereocenters. The van der Waals surface area contributed by atoms with Crippen LogP contribution in [0.2, 0.25) is 0 Å². The second-order valence-electron chi connectivity index (χ2n) is 5.89. The molecule has 24 heavy (non-hydrogen) atoms. The standard InChI is InChI=1S/C18H12N2O3S/c21-16-8-12(11-7-10-3-1-2-4-14(10)22-9-11)17-15(23-16)6-5-13-18(17)20-24-19-13/h1-7,12H,8-9H2/t12-/m1/s1. The number of rotatable bonds is 1. The molecule has 5 nitrogen and oxygen atoms in total. The number of aromatic nitrogens is 2. The van der Waals surface area contributed by atoms with E-state index in [0.717, 1.165) is 33.5 Å². The Morgan fingerprint density at radius 2 is 2.00 bits per heavy atom. The van der Waals surface area contributed by atoms with E-state index in [1.54, 1.807) is 6.07 Å². The largest absolute Gasteiger partial charge is 0.489 e. The summed E-state index contributed by atoms with van der Waals surface area (Å²) in [6.45, 7) is 0.461. The first kappa shape index (κ1) is 13.7. The van der Waals surface area contributed by atoms with Gasteiger partial charge in [0.1, 0.15) is 29.1 Å². The summed E-state index contributed by atoms with van der Waals surface area (Å²) in [6.07, 6.45) is 2.41. The summed E-state index contributed by atoms with van der Waals surface area (Å²) in [5, 5.41) is 0. The van der Waals surface area contributed by atoms with Gasteiger partial charge in [-0.25, -0.2) is 0 Å². The van der Waals surface area contributed by atoms with E-state index >= 15 is 0 Å². The predicted octanol–water partition coefficient (Wildman–Crippen LogP) is 3.56. The van der Waals surface area contributed by atoms with Gasteiger partial charge in [-0.2, -0.15) is 8.75 Å². The molecule has 0 N–H and O–H groups in total. The highest BCUT2D eigenvalue weighted by Gasteiger charge is 2.33. The molecule has 2 aliphatic rings. The van der Waals surface area contributed by atoms with E-state index in [-0.39, 0.29) is 11.9 Å². The van der Waals surface area contributed by atoms with Crippen molar-refractivity contribution in [1.29, 1.82) is 0 Å². The first-order valence-electron chi connectivity index (χ1n) is 7.68. The molecule has 1 atom stereocenters. The number of fused-ring (bicyclic) bond motifs is 4. The van der Waals surface area contributed by atoms with Crippen molar-refractivity contribution < 1.29 is 14.3 Å². The molecule has 6 heteroatoms. The third kappa shape index (κ3) is 2.03. The Morgan fingerprint density at radius 3 is 2.96 bits per heavy atom. The van der Waals surface area contributed by atoms with E-state index < -0.39 is 0 Å². The normalized spacial score (nSPS) is 19.1. The fourth-order valence-electron chi connectivity index (χ4n) is 3.36. The van der Waals surface area contributed by atoms with Crippen molar-refractivity contribution in [2.75, 3.05) is 6.61 Å². The molecule has 3 aromatic rings. The minimum absolute atomic E-state index is 0.0952. The van der Waals surface area contributed by atoms with Crippen LogP contribution < -0.4 is 9.47 Å². The maximum absolute atomic E-state index is 12.1. The Kier molecular flexibility index (Phi) is 2.93. The molecule has 0 spiro atoms. The zero-order chi connectivity index (χ0) is 16.1. The van der Waals surface area contributed by atoms with Crippen LogP contribution in [0, 0.1) is 0 Å². The van der Waals surface area contributed by atoms with Gasteiger partial charge >= 0.3 is 5.97 Å². The van der Waals surface area contributed by atoms with Crippen LogP contribution in [0.25, 0.3) is 17.1 Å². The Bertz CT molecular complexity index is 1010. The van der Waals surface area contributed by atoms with Crippen molar-refractivity contribution >= 4 is 34.8 Å². The summed E-state index contributed by atoms with van der Waals surface area (Å²) in [4.78, 5) is 12.1. The van der Waals surface area contributed by atoms with Gasteiger partial charge in [0.25, 0.3) is 0 Å². The number of para-hydroxylation sites is 1. The molecule has 1 aromatic heterocycles. The van der Waals surface area contributed by atoms with Crippen LogP contribution in [0.4, 0.5) is 0 Å². The fourth-order valence-corrected chi connectivity index (χ4v) is 3.91. The minimum atomic E-state index is -0.227. The predicted molar refractivity (Wildman–Crippen MR) is 90.3 cm³/mol. The number of carbonyl (C=O) groups is 1. The molecule has 2 aliphatic heterocycles. The first-order valence-corrected chi connectivity index (χ1v) is 8.41. The van der Waals surface area contributed by atoms with Crippen LogP contribution >= 0.6 is 11.7 Å². The Morgan fingerprint density at radius 1 is 1.08 bits per heavy atom. The van der Waals surface area contributed by atoms with Crippen molar-refractivity contribution in [3.63, 3.8) is 0 Å². The van der Waals surface area contributed by atoms with Gasteiger partial charge < -0.3 is 9.47 Å². The zero-order valence-electron chi connectivity index (χ0n) is 12.6. The number of benzene rings is 2. The molecule has 0 saturated carbocycles. The van der Waals surface area contributed by atoms with Crippen molar-refractivity contribution in [1.82, 2.24) is 8.75 Å². The van der Waals surface area contributed by atoms with Gasteiger partial charge in [0.05, 0.1) is 18.1 Å². The number of carbonyl (C=O) groups excluding carboxylic acids is 1. The van der Waals surface area contributed by atoms with Gasteiger partial charge in [0.2, 0.25) is 0 Å². The monoisotopic (exact) mass is 336 g/mol. The summed E-state index contributed by atoms with van der Waals surface area (Å²) in [5.74, 6) is 1.13. The van der Waals surface area contributed by atoms with Crippen LogP contribution in [-0.2, 0) is 4.79 Å². The maximum Gasteiger partial charge on any atom is 0.312 e. The van der Waals surface area contributed by atoms with E-state index in [4.69, 9.17) is 9.47 Å². The quantitative estimate of drug-likeness (QED) is 0.502. The Labute approximate surface area is 141 Å². The average Bonchev–Trinajstić information content (AvgIpc) is 3.09. The highest BCUT2D eigenvalue weighted by molar-refractivity contribution is 7.00. The second-order valence-corrected chi connectivity index (χ2v) is 6.41. The molecule has 0 aliphatic carbocycles. The van der Waals surface area contributed by atoms with Gasteiger partial charge in [-0.15, -0.1) is 0 Å². The van der Waals surface area contributed by atoms with Gasteiger partial charge in [-0.05, 0) is 29.8 Å². The summed E-state index contributed by atoms with van der Waals surface area (Å²) in [6, 6.07) is 11.5. The van der Waals surface area contributed by atoms with Crippen molar-refractivity contribution in [3.05, 3.63) is 53.1 Å². The summed E-state index contributed by atoms with van der Waals surface area (Å²) >= 11 is 1.17. The van der Waals surface area contributed by atoms with E-state index in [0.29, 0.717) is 18.8 Å². The van der Waals surface area contributed by atoms with Crippen molar-refractivity contribution in [3.8, 4) is 11.5 Å². The lowest BCUT2D eigenvalue weighted by atomic mass is 9.84. The highest BCUT2D eigenvalue weighted by atomic mass is 32.1. The van der Waals surface area contributed by atoms with Crippen LogP contribution in [0.5, 0.6) is 11.5 Å². The van der Waals surface area contributed by atoms with E-state index in [9.17, 15) is 4.79 Å². The molecule has 5 rings (SSSR count). The van der Waals surface area contributed by atoms with Crippen LogP contribution in [-0.4, -0.2) is 21.3 Å². The van der Waals surface area contributed by atoms with Crippen LogP contribution in [0.15, 0.2) is 42.0 Å². The zero-order valence-corrected chi connectivity index (χ0v) is 13.4. The number of nitrogens with zero attached hydrogens (tertiary/aromatic N) is 2. The summed E-state index contributed by atoms with van der Waals surface area (Å²) in [5.41, 5.74) is 4.68. The minimum Gasteiger partial charge on any atom is -0.489 e. The number of hydrogen-bond donors (Lipinski definition) is 0. The molecule has 0 amide bonds. The van der Waals surface area contributed by atoms with E-state index in [1.165, 1.54) is 11.7 Å². The van der Waals surface area contributed by atoms with Gasteiger partial charge in [-0.1, -0.05) is 18.2 Å². The molecule has 3 heterocycles. The number of hydrogen-bond acceptors (Lipinski definition) is 6. The molecule has 0 bridgehead atoms.